The van der Waals surface area contributed by atoms with E-state index < -0.39 is 0 Å². The van der Waals surface area contributed by atoms with E-state index in [1.54, 1.807) is 18.4 Å². The summed E-state index contributed by atoms with van der Waals surface area (Å²) in [7, 11) is 0. The van der Waals surface area contributed by atoms with Gasteiger partial charge in [0.1, 0.15) is 5.69 Å². The zero-order valence-corrected chi connectivity index (χ0v) is 15.2. The summed E-state index contributed by atoms with van der Waals surface area (Å²) in [6.07, 6.45) is 4.43. The van der Waals surface area contributed by atoms with Gasteiger partial charge in [-0.1, -0.05) is 18.0 Å². The summed E-state index contributed by atoms with van der Waals surface area (Å²) >= 11 is 2.73. The fourth-order valence-electron chi connectivity index (χ4n) is 2.12. The number of nitrogens with zero attached hydrogens (tertiary/aromatic N) is 3. The van der Waals surface area contributed by atoms with E-state index in [4.69, 9.17) is 5.26 Å². The fraction of sp³-hybridized carbons (Fsp3) is 0.235. The highest BCUT2D eigenvalue weighted by Gasteiger charge is 2.19. The van der Waals surface area contributed by atoms with Gasteiger partial charge in [0.2, 0.25) is 0 Å². The second-order valence-electron chi connectivity index (χ2n) is 4.92. The van der Waals surface area contributed by atoms with E-state index >= 15 is 0 Å². The second kappa shape index (κ2) is 8.52. The molecule has 1 aromatic heterocycles. The molecule has 1 amide bonds. The number of hydrogen-bond donors (Lipinski definition) is 1. The average Bonchev–Trinajstić information content (AvgIpc) is 2.97. The lowest BCUT2D eigenvalue weighted by molar-refractivity contribution is 0.0980. The molecule has 7 heteroatoms. The van der Waals surface area contributed by atoms with Crippen molar-refractivity contribution < 1.29 is 4.79 Å². The van der Waals surface area contributed by atoms with Crippen LogP contribution in [0.5, 0.6) is 0 Å². The van der Waals surface area contributed by atoms with Crippen molar-refractivity contribution in [2.75, 3.05) is 17.7 Å². The molecule has 0 bridgehead atoms. The zero-order valence-electron chi connectivity index (χ0n) is 13.6. The number of hydrogen-bond acceptors (Lipinski definition) is 6. The molecule has 0 saturated heterocycles. The van der Waals surface area contributed by atoms with Gasteiger partial charge in [-0.25, -0.2) is 4.98 Å². The maximum atomic E-state index is 12.1. The third-order valence-electron chi connectivity index (χ3n) is 3.29. The van der Waals surface area contributed by atoms with Gasteiger partial charge in [-0.2, -0.15) is 5.26 Å². The minimum Gasteiger partial charge on any atom is -0.317 e. The molecular formula is C17H18N4OS2. The molecule has 2 aromatic rings. The number of nitrogens with one attached hydrogen (secondary N) is 1. The monoisotopic (exact) mass is 358 g/mol. The first-order valence-electron chi connectivity index (χ1n) is 7.30. The first-order chi connectivity index (χ1) is 11.6. The number of aromatic nitrogens is 1. The largest absolute Gasteiger partial charge is 0.317 e. The summed E-state index contributed by atoms with van der Waals surface area (Å²) in [5, 5.41) is 9.70. The van der Waals surface area contributed by atoms with Crippen LogP contribution in [0, 0.1) is 18.3 Å². The lowest BCUT2D eigenvalue weighted by Gasteiger charge is -2.21. The number of rotatable bonds is 7. The molecular weight excluding hydrogens is 340 g/mol. The van der Waals surface area contributed by atoms with E-state index in [-0.39, 0.29) is 5.91 Å². The van der Waals surface area contributed by atoms with Crippen molar-refractivity contribution in [3.8, 4) is 6.07 Å². The predicted octanol–water partition coefficient (Wildman–Crippen LogP) is 4.05. The average molecular weight is 358 g/mol. The van der Waals surface area contributed by atoms with Gasteiger partial charge >= 0.3 is 0 Å². The van der Waals surface area contributed by atoms with Gasteiger partial charge in [0, 0.05) is 23.4 Å². The number of aryl methyl sites for hydroxylation is 1. The minimum atomic E-state index is -0.189. The van der Waals surface area contributed by atoms with Crippen LogP contribution in [-0.4, -0.2) is 23.7 Å². The maximum absolute atomic E-state index is 12.1. The summed E-state index contributed by atoms with van der Waals surface area (Å²) < 4.78 is 2.70. The Morgan fingerprint density at radius 2 is 2.21 bits per heavy atom. The quantitative estimate of drug-likeness (QED) is 0.597. The highest BCUT2D eigenvalue weighted by atomic mass is 32.2. The van der Waals surface area contributed by atoms with E-state index in [0.29, 0.717) is 17.8 Å². The van der Waals surface area contributed by atoms with Crippen LogP contribution in [-0.2, 0) is 0 Å². The Morgan fingerprint density at radius 3 is 2.79 bits per heavy atom. The van der Waals surface area contributed by atoms with Crippen molar-refractivity contribution in [1.82, 2.24) is 9.71 Å². The molecule has 24 heavy (non-hydrogen) atoms. The third-order valence-corrected chi connectivity index (χ3v) is 4.67. The normalized spacial score (nSPS) is 10.0. The fourth-order valence-corrected chi connectivity index (χ4v) is 3.36. The Morgan fingerprint density at radius 1 is 1.50 bits per heavy atom. The van der Waals surface area contributed by atoms with Gasteiger partial charge in [0.25, 0.3) is 5.91 Å². The van der Waals surface area contributed by atoms with Crippen LogP contribution in [0.25, 0.3) is 0 Å². The number of carbonyl (C=O) groups excluding carboxylic acids is 1. The summed E-state index contributed by atoms with van der Waals surface area (Å²) in [5.74, 6) is -0.189. The van der Waals surface area contributed by atoms with Gasteiger partial charge < -0.3 is 4.90 Å². The van der Waals surface area contributed by atoms with E-state index in [1.807, 2.05) is 30.0 Å². The first-order valence-corrected chi connectivity index (χ1v) is 9.34. The van der Waals surface area contributed by atoms with Crippen LogP contribution in [0.2, 0.25) is 0 Å². The van der Waals surface area contributed by atoms with Gasteiger partial charge in [-0.15, -0.1) is 17.9 Å². The smallest absolute Gasteiger partial charge is 0.280 e. The Labute approximate surface area is 150 Å². The molecule has 2 rings (SSSR count). The van der Waals surface area contributed by atoms with Crippen molar-refractivity contribution in [1.29, 1.82) is 5.26 Å². The third kappa shape index (κ3) is 4.16. The summed E-state index contributed by atoms with van der Waals surface area (Å²) in [6, 6.07) is 9.44. The number of amides is 1. The topological polar surface area (TPSA) is 69.0 Å². The van der Waals surface area contributed by atoms with E-state index in [9.17, 15) is 4.79 Å². The minimum absolute atomic E-state index is 0.189. The van der Waals surface area contributed by atoms with Crippen LogP contribution in [0.3, 0.4) is 0 Å². The molecule has 0 aliphatic heterocycles. The van der Waals surface area contributed by atoms with Crippen molar-refractivity contribution in [2.24, 2.45) is 0 Å². The molecule has 5 nitrogen and oxygen atoms in total. The van der Waals surface area contributed by atoms with Crippen LogP contribution >= 0.6 is 23.3 Å². The van der Waals surface area contributed by atoms with Crippen molar-refractivity contribution >= 4 is 40.0 Å². The van der Waals surface area contributed by atoms with Crippen LogP contribution in [0.15, 0.2) is 36.9 Å². The van der Waals surface area contributed by atoms with E-state index in [1.165, 1.54) is 23.3 Å². The van der Waals surface area contributed by atoms with Crippen molar-refractivity contribution in [3.05, 3.63) is 53.1 Å². The Hall–Kier alpha value is -2.30. The molecule has 0 aliphatic carbocycles. The SMILES string of the molecule is C=CCCN(c1ccc(C#N)cc1)c1nc(C(=O)NSC)c(C)s1. The molecule has 0 aliphatic rings. The lowest BCUT2D eigenvalue weighted by Crippen LogP contribution is -2.19. The highest BCUT2D eigenvalue weighted by molar-refractivity contribution is 7.97. The molecule has 124 valence electrons. The van der Waals surface area contributed by atoms with E-state index in [2.05, 4.69) is 22.4 Å². The molecule has 0 radical (unpaired) electrons. The first kappa shape index (κ1) is 18.0. The summed E-state index contributed by atoms with van der Waals surface area (Å²) in [4.78, 5) is 19.5. The Bertz CT molecular complexity index is 762. The van der Waals surface area contributed by atoms with Gasteiger partial charge in [-0.05, 0) is 37.6 Å². The second-order valence-corrected chi connectivity index (χ2v) is 6.72. The molecule has 0 saturated carbocycles. The molecule has 0 spiro atoms. The molecule has 0 fully saturated rings. The molecule has 1 N–H and O–H groups in total. The number of carbonyl (C=O) groups is 1. The number of benzene rings is 1. The molecule has 0 atom stereocenters. The molecule has 1 heterocycles. The van der Waals surface area contributed by atoms with Crippen LogP contribution < -0.4 is 9.62 Å². The van der Waals surface area contributed by atoms with Gasteiger partial charge in [-0.3, -0.25) is 9.52 Å². The van der Waals surface area contributed by atoms with Crippen LogP contribution in [0.4, 0.5) is 10.8 Å². The molecule has 1 aromatic carbocycles. The Balaban J connectivity index is 2.37. The van der Waals surface area contributed by atoms with Gasteiger partial charge in [0.05, 0.1) is 11.6 Å². The predicted molar refractivity (Wildman–Crippen MR) is 101 cm³/mol. The highest BCUT2D eigenvalue weighted by Crippen LogP contribution is 2.32. The van der Waals surface area contributed by atoms with Crippen LogP contribution in [0.1, 0.15) is 27.3 Å². The number of nitriles is 1. The lowest BCUT2D eigenvalue weighted by atomic mass is 10.2. The van der Waals surface area contributed by atoms with Crippen molar-refractivity contribution in [2.45, 2.75) is 13.3 Å². The van der Waals surface area contributed by atoms with Gasteiger partial charge in [0.15, 0.2) is 5.13 Å². The zero-order chi connectivity index (χ0) is 17.5. The maximum Gasteiger partial charge on any atom is 0.280 e. The standard InChI is InChI=1S/C17H18N4OS2/c1-4-5-10-21(14-8-6-13(11-18)7-9-14)17-19-15(12(2)24-17)16(22)20-23-3/h4,6-9H,1,5,10H2,2-3H3,(H,20,22). The van der Waals surface area contributed by atoms with Crippen molar-refractivity contribution in [3.63, 3.8) is 0 Å². The number of anilines is 2. The summed E-state index contributed by atoms with van der Waals surface area (Å²) in [5.41, 5.74) is 1.99. The summed E-state index contributed by atoms with van der Waals surface area (Å²) in [6.45, 7) is 6.36. The Kier molecular flexibility index (Phi) is 6.41. The number of thiazole rings is 1. The molecule has 0 unspecified atom stereocenters. The van der Waals surface area contributed by atoms with E-state index in [0.717, 1.165) is 22.1 Å².